The molecule has 0 bridgehead atoms. The standard InChI is InChI=1S/C12H22N2/c1-10-9-13-6-4-12(10)5-8-14-7-2-3-11(12)14/h10-11,13H,2-9H2,1H3. The molecule has 0 amide bonds. The summed E-state index contributed by atoms with van der Waals surface area (Å²) in [5.41, 5.74) is 0.696. The quantitative estimate of drug-likeness (QED) is 0.628. The zero-order chi connectivity index (χ0) is 9.60. The van der Waals surface area contributed by atoms with Gasteiger partial charge < -0.3 is 5.32 Å². The highest BCUT2D eigenvalue weighted by molar-refractivity contribution is 5.05. The van der Waals surface area contributed by atoms with Crippen LogP contribution in [0.4, 0.5) is 0 Å². The maximum atomic E-state index is 3.55. The van der Waals surface area contributed by atoms with Crippen LogP contribution in [-0.4, -0.2) is 37.1 Å². The zero-order valence-electron chi connectivity index (χ0n) is 9.26. The normalized spacial score (nSPS) is 48.6. The summed E-state index contributed by atoms with van der Waals surface area (Å²) in [6.45, 7) is 7.74. The van der Waals surface area contributed by atoms with E-state index in [2.05, 4.69) is 17.1 Å². The smallest absolute Gasteiger partial charge is 0.0156 e. The topological polar surface area (TPSA) is 15.3 Å². The van der Waals surface area contributed by atoms with E-state index >= 15 is 0 Å². The van der Waals surface area contributed by atoms with Crippen molar-refractivity contribution in [2.75, 3.05) is 26.2 Å². The molecule has 3 rings (SSSR count). The first kappa shape index (κ1) is 9.17. The number of fused-ring (bicyclic) bond motifs is 2. The molecule has 0 saturated carbocycles. The highest BCUT2D eigenvalue weighted by atomic mass is 15.2. The fraction of sp³-hybridized carbons (Fsp3) is 1.00. The van der Waals surface area contributed by atoms with E-state index in [4.69, 9.17) is 0 Å². The van der Waals surface area contributed by atoms with Crippen LogP contribution in [0.5, 0.6) is 0 Å². The van der Waals surface area contributed by atoms with Gasteiger partial charge in [-0.1, -0.05) is 6.92 Å². The molecular formula is C12H22N2. The fourth-order valence-corrected chi connectivity index (χ4v) is 4.22. The second-order valence-corrected chi connectivity index (χ2v) is 5.53. The summed E-state index contributed by atoms with van der Waals surface area (Å²) in [4.78, 5) is 2.77. The second-order valence-electron chi connectivity index (χ2n) is 5.53. The van der Waals surface area contributed by atoms with E-state index in [-0.39, 0.29) is 0 Å². The highest BCUT2D eigenvalue weighted by Gasteiger charge is 2.52. The lowest BCUT2D eigenvalue weighted by molar-refractivity contribution is 0.0803. The van der Waals surface area contributed by atoms with Gasteiger partial charge in [-0.3, -0.25) is 4.90 Å². The molecule has 3 saturated heterocycles. The number of rotatable bonds is 0. The van der Waals surface area contributed by atoms with E-state index in [0.717, 1.165) is 12.0 Å². The Hall–Kier alpha value is -0.0800. The summed E-state index contributed by atoms with van der Waals surface area (Å²) >= 11 is 0. The van der Waals surface area contributed by atoms with Gasteiger partial charge in [0, 0.05) is 6.04 Å². The maximum absolute atomic E-state index is 3.55. The Kier molecular flexibility index (Phi) is 2.10. The molecule has 0 aromatic heterocycles. The van der Waals surface area contributed by atoms with Crippen LogP contribution in [0.15, 0.2) is 0 Å². The number of nitrogens with one attached hydrogen (secondary N) is 1. The summed E-state index contributed by atoms with van der Waals surface area (Å²) in [5.74, 6) is 0.893. The molecule has 14 heavy (non-hydrogen) atoms. The molecule has 3 atom stereocenters. The van der Waals surface area contributed by atoms with Crippen LogP contribution in [0, 0.1) is 11.3 Å². The predicted octanol–water partition coefficient (Wildman–Crippen LogP) is 1.47. The Morgan fingerprint density at radius 3 is 3.07 bits per heavy atom. The monoisotopic (exact) mass is 194 g/mol. The number of nitrogens with zero attached hydrogens (tertiary/aromatic N) is 1. The second kappa shape index (κ2) is 3.21. The molecule has 1 spiro atoms. The molecular weight excluding hydrogens is 172 g/mol. The summed E-state index contributed by atoms with van der Waals surface area (Å²) in [6.07, 6.45) is 5.83. The van der Waals surface area contributed by atoms with Crippen LogP contribution in [0.3, 0.4) is 0 Å². The van der Waals surface area contributed by atoms with Crippen molar-refractivity contribution in [2.45, 2.75) is 38.6 Å². The third-order valence-electron chi connectivity index (χ3n) is 5.09. The van der Waals surface area contributed by atoms with Gasteiger partial charge >= 0.3 is 0 Å². The van der Waals surface area contributed by atoms with Gasteiger partial charge in [-0.25, -0.2) is 0 Å². The number of hydrogen-bond acceptors (Lipinski definition) is 2. The van der Waals surface area contributed by atoms with E-state index in [1.165, 1.54) is 51.9 Å². The van der Waals surface area contributed by atoms with Crippen LogP contribution < -0.4 is 5.32 Å². The third kappa shape index (κ3) is 1.10. The molecule has 1 N–H and O–H groups in total. The van der Waals surface area contributed by atoms with Gasteiger partial charge in [-0.15, -0.1) is 0 Å². The average molecular weight is 194 g/mol. The molecule has 0 aromatic carbocycles. The molecule has 3 aliphatic heterocycles. The largest absolute Gasteiger partial charge is 0.316 e. The van der Waals surface area contributed by atoms with E-state index in [0.29, 0.717) is 5.41 Å². The van der Waals surface area contributed by atoms with Gasteiger partial charge in [0.2, 0.25) is 0 Å². The van der Waals surface area contributed by atoms with Crippen molar-refractivity contribution in [3.05, 3.63) is 0 Å². The lowest BCUT2D eigenvalue weighted by Crippen LogP contribution is -2.49. The van der Waals surface area contributed by atoms with Crippen molar-refractivity contribution in [3.8, 4) is 0 Å². The summed E-state index contributed by atoms with van der Waals surface area (Å²) in [7, 11) is 0. The van der Waals surface area contributed by atoms with Crippen molar-refractivity contribution in [1.29, 1.82) is 0 Å². The Labute approximate surface area is 87.0 Å². The molecule has 0 aliphatic carbocycles. The van der Waals surface area contributed by atoms with Crippen LogP contribution >= 0.6 is 0 Å². The van der Waals surface area contributed by atoms with Crippen molar-refractivity contribution in [3.63, 3.8) is 0 Å². The first-order chi connectivity index (χ1) is 6.83. The van der Waals surface area contributed by atoms with Gasteiger partial charge in [0.25, 0.3) is 0 Å². The van der Waals surface area contributed by atoms with E-state index in [1.807, 2.05) is 0 Å². The predicted molar refractivity (Wildman–Crippen MR) is 58.3 cm³/mol. The minimum Gasteiger partial charge on any atom is -0.316 e. The molecule has 3 aliphatic rings. The van der Waals surface area contributed by atoms with Gasteiger partial charge in [0.1, 0.15) is 0 Å². The Morgan fingerprint density at radius 2 is 2.21 bits per heavy atom. The average Bonchev–Trinajstić information content (AvgIpc) is 2.75. The Bertz CT molecular complexity index is 224. The van der Waals surface area contributed by atoms with E-state index in [1.54, 1.807) is 0 Å². The van der Waals surface area contributed by atoms with Crippen molar-refractivity contribution >= 4 is 0 Å². The fourth-order valence-electron chi connectivity index (χ4n) is 4.22. The Balaban J connectivity index is 1.87. The van der Waals surface area contributed by atoms with E-state index in [9.17, 15) is 0 Å². The lowest BCUT2D eigenvalue weighted by Gasteiger charge is -2.44. The number of hydrogen-bond donors (Lipinski definition) is 1. The maximum Gasteiger partial charge on any atom is 0.0156 e. The molecule has 2 heteroatoms. The van der Waals surface area contributed by atoms with Gasteiger partial charge in [-0.05, 0) is 63.2 Å². The van der Waals surface area contributed by atoms with Gasteiger partial charge in [-0.2, -0.15) is 0 Å². The first-order valence-electron chi connectivity index (χ1n) is 6.28. The highest BCUT2D eigenvalue weighted by Crippen LogP contribution is 2.50. The summed E-state index contributed by atoms with van der Waals surface area (Å²) in [5, 5.41) is 3.55. The first-order valence-corrected chi connectivity index (χ1v) is 6.28. The lowest BCUT2D eigenvalue weighted by atomic mass is 9.66. The van der Waals surface area contributed by atoms with Crippen molar-refractivity contribution < 1.29 is 0 Å². The molecule has 3 heterocycles. The van der Waals surface area contributed by atoms with Crippen LogP contribution in [0.25, 0.3) is 0 Å². The van der Waals surface area contributed by atoms with Gasteiger partial charge in [0.05, 0.1) is 0 Å². The van der Waals surface area contributed by atoms with Crippen molar-refractivity contribution in [1.82, 2.24) is 10.2 Å². The Morgan fingerprint density at radius 1 is 1.29 bits per heavy atom. The van der Waals surface area contributed by atoms with E-state index < -0.39 is 0 Å². The SMILES string of the molecule is CC1CNCCC12CCN1CCCC12. The molecule has 3 fully saturated rings. The molecule has 0 radical (unpaired) electrons. The van der Waals surface area contributed by atoms with Crippen LogP contribution in [0.1, 0.15) is 32.6 Å². The minimum absolute atomic E-state index is 0.696. The molecule has 80 valence electrons. The third-order valence-corrected chi connectivity index (χ3v) is 5.09. The van der Waals surface area contributed by atoms with Gasteiger partial charge in [0.15, 0.2) is 0 Å². The molecule has 3 unspecified atom stereocenters. The van der Waals surface area contributed by atoms with Crippen molar-refractivity contribution in [2.24, 2.45) is 11.3 Å². The zero-order valence-corrected chi connectivity index (χ0v) is 9.26. The summed E-state index contributed by atoms with van der Waals surface area (Å²) in [6, 6.07) is 0.944. The van der Waals surface area contributed by atoms with Crippen LogP contribution in [0.2, 0.25) is 0 Å². The van der Waals surface area contributed by atoms with Crippen LogP contribution in [-0.2, 0) is 0 Å². The molecule has 2 nitrogen and oxygen atoms in total. The minimum atomic E-state index is 0.696. The summed E-state index contributed by atoms with van der Waals surface area (Å²) < 4.78 is 0. The molecule has 0 aromatic rings. The number of piperidine rings is 1.